The smallest absolute Gasteiger partial charge is 0.165 e. The lowest BCUT2D eigenvalue weighted by molar-refractivity contribution is 0.477. The van der Waals surface area contributed by atoms with E-state index < -0.39 is 0 Å². The van der Waals surface area contributed by atoms with Crippen molar-refractivity contribution in [1.82, 2.24) is 9.78 Å². The van der Waals surface area contributed by atoms with E-state index in [0.29, 0.717) is 22.1 Å². The molecule has 0 radical (unpaired) electrons. The van der Waals surface area contributed by atoms with E-state index in [9.17, 15) is 0 Å². The number of ether oxygens (including phenoxy) is 1. The van der Waals surface area contributed by atoms with Crippen LogP contribution in [-0.2, 0) is 0 Å². The number of hydrogen-bond acceptors (Lipinski definition) is 3. The lowest BCUT2D eigenvalue weighted by atomic mass is 10.2. The van der Waals surface area contributed by atoms with Crippen LogP contribution in [0.3, 0.4) is 0 Å². The van der Waals surface area contributed by atoms with Gasteiger partial charge in [0.05, 0.1) is 17.4 Å². The monoisotopic (exact) mass is 295 g/mol. The van der Waals surface area contributed by atoms with E-state index in [0.717, 1.165) is 0 Å². The minimum absolute atomic E-state index is 0.268. The summed E-state index contributed by atoms with van der Waals surface area (Å²) < 4.78 is 7.49. The molecule has 0 saturated heterocycles. The van der Waals surface area contributed by atoms with Crippen LogP contribution in [0.2, 0.25) is 5.02 Å². The van der Waals surface area contributed by atoms with Crippen LogP contribution in [0.1, 0.15) is 25.5 Å². The van der Waals surface area contributed by atoms with Crippen molar-refractivity contribution < 1.29 is 4.74 Å². The third kappa shape index (κ3) is 3.24. The molecule has 0 amide bonds. The summed E-state index contributed by atoms with van der Waals surface area (Å²) in [7, 11) is 0. The number of nitrogens with zero attached hydrogens (tertiary/aromatic N) is 2. The standard InChI is InChI=1S/C13H14ClN3OS/c1-8(2)17-7-10(6-16-17)18-9-3-4-11(13(15)19)12(14)5-9/h3-8H,1-2H3,(H2,15,19). The van der Waals surface area contributed by atoms with Crippen molar-refractivity contribution in [1.29, 1.82) is 0 Å². The molecule has 0 aliphatic rings. The fraction of sp³-hybridized carbons (Fsp3) is 0.231. The van der Waals surface area contributed by atoms with Gasteiger partial charge in [0.25, 0.3) is 0 Å². The van der Waals surface area contributed by atoms with Crippen molar-refractivity contribution in [2.75, 3.05) is 0 Å². The van der Waals surface area contributed by atoms with Gasteiger partial charge in [-0.3, -0.25) is 4.68 Å². The van der Waals surface area contributed by atoms with Crippen molar-refractivity contribution >= 4 is 28.8 Å². The fourth-order valence-corrected chi connectivity index (χ4v) is 2.06. The number of rotatable bonds is 4. The van der Waals surface area contributed by atoms with E-state index in [1.165, 1.54) is 0 Å². The number of hydrogen-bond donors (Lipinski definition) is 1. The molecular weight excluding hydrogens is 282 g/mol. The highest BCUT2D eigenvalue weighted by Crippen LogP contribution is 2.27. The minimum Gasteiger partial charge on any atom is -0.454 e. The zero-order valence-corrected chi connectivity index (χ0v) is 12.2. The number of benzene rings is 1. The van der Waals surface area contributed by atoms with Crippen LogP contribution in [-0.4, -0.2) is 14.8 Å². The Morgan fingerprint density at radius 3 is 2.68 bits per heavy atom. The lowest BCUT2D eigenvalue weighted by Crippen LogP contribution is -2.09. The summed E-state index contributed by atoms with van der Waals surface area (Å²) in [5.74, 6) is 1.28. The van der Waals surface area contributed by atoms with Crippen LogP contribution in [0.25, 0.3) is 0 Å². The predicted molar refractivity (Wildman–Crippen MR) is 80.0 cm³/mol. The van der Waals surface area contributed by atoms with Gasteiger partial charge >= 0.3 is 0 Å². The highest BCUT2D eigenvalue weighted by atomic mass is 35.5. The Hall–Kier alpha value is -1.59. The number of thiocarbonyl (C=S) groups is 1. The second kappa shape index (κ2) is 5.59. The summed E-state index contributed by atoms with van der Waals surface area (Å²) in [5.41, 5.74) is 6.19. The van der Waals surface area contributed by atoms with Crippen LogP contribution in [0.15, 0.2) is 30.6 Å². The molecule has 0 fully saturated rings. The predicted octanol–water partition coefficient (Wildman–Crippen LogP) is 3.54. The molecule has 0 aliphatic heterocycles. The lowest BCUT2D eigenvalue weighted by Gasteiger charge is -2.07. The van der Waals surface area contributed by atoms with Gasteiger partial charge in [-0.1, -0.05) is 23.8 Å². The average Bonchev–Trinajstić information content (AvgIpc) is 2.77. The van der Waals surface area contributed by atoms with Crippen molar-refractivity contribution in [3.63, 3.8) is 0 Å². The van der Waals surface area contributed by atoms with Gasteiger partial charge in [-0.05, 0) is 26.0 Å². The number of nitrogens with two attached hydrogens (primary N) is 1. The highest BCUT2D eigenvalue weighted by Gasteiger charge is 2.07. The second-order valence-corrected chi connectivity index (χ2v) is 5.20. The normalized spacial score (nSPS) is 10.7. The molecule has 2 N–H and O–H groups in total. The summed E-state index contributed by atoms with van der Waals surface area (Å²) >= 11 is 11.0. The molecule has 4 nitrogen and oxygen atoms in total. The number of aromatic nitrogens is 2. The van der Waals surface area contributed by atoms with E-state index in [1.807, 2.05) is 24.7 Å². The van der Waals surface area contributed by atoms with E-state index in [2.05, 4.69) is 5.10 Å². The molecule has 19 heavy (non-hydrogen) atoms. The summed E-state index contributed by atoms with van der Waals surface area (Å²) in [6.07, 6.45) is 3.50. The Morgan fingerprint density at radius 1 is 1.42 bits per heavy atom. The van der Waals surface area contributed by atoms with Gasteiger partial charge in [0, 0.05) is 17.7 Å². The van der Waals surface area contributed by atoms with Crippen LogP contribution in [0.4, 0.5) is 0 Å². The van der Waals surface area contributed by atoms with E-state index >= 15 is 0 Å². The largest absolute Gasteiger partial charge is 0.454 e. The molecule has 0 aliphatic carbocycles. The Labute approximate surface area is 122 Å². The van der Waals surface area contributed by atoms with E-state index in [-0.39, 0.29) is 11.0 Å². The molecule has 1 aromatic carbocycles. The van der Waals surface area contributed by atoms with Gasteiger partial charge in [-0.25, -0.2) is 0 Å². The fourth-order valence-electron chi connectivity index (χ4n) is 1.55. The first-order valence-corrected chi connectivity index (χ1v) is 6.57. The summed E-state index contributed by atoms with van der Waals surface area (Å²) in [6.45, 7) is 4.09. The maximum atomic E-state index is 6.08. The molecule has 100 valence electrons. The Bertz CT molecular complexity index is 610. The molecule has 0 saturated carbocycles. The minimum atomic E-state index is 0.268. The summed E-state index contributed by atoms with van der Waals surface area (Å²) in [6, 6.07) is 5.49. The third-order valence-electron chi connectivity index (χ3n) is 2.55. The molecule has 0 unspecified atom stereocenters. The zero-order valence-electron chi connectivity index (χ0n) is 10.6. The maximum Gasteiger partial charge on any atom is 0.165 e. The van der Waals surface area contributed by atoms with Crippen LogP contribution >= 0.6 is 23.8 Å². The molecule has 2 aromatic rings. The van der Waals surface area contributed by atoms with Crippen LogP contribution < -0.4 is 10.5 Å². The quantitative estimate of drug-likeness (QED) is 0.877. The van der Waals surface area contributed by atoms with Crippen molar-refractivity contribution in [3.05, 3.63) is 41.2 Å². The van der Waals surface area contributed by atoms with Crippen LogP contribution in [0.5, 0.6) is 11.5 Å². The van der Waals surface area contributed by atoms with Crippen LogP contribution in [0, 0.1) is 0 Å². The number of halogens is 1. The molecule has 0 bridgehead atoms. The highest BCUT2D eigenvalue weighted by molar-refractivity contribution is 7.80. The van der Waals surface area contributed by atoms with Gasteiger partial charge in [0.2, 0.25) is 0 Å². The Morgan fingerprint density at radius 2 is 2.16 bits per heavy atom. The molecular formula is C13H14ClN3OS. The van der Waals surface area contributed by atoms with Gasteiger partial charge in [0.1, 0.15) is 10.7 Å². The van der Waals surface area contributed by atoms with Gasteiger partial charge in [-0.2, -0.15) is 5.10 Å². The van der Waals surface area contributed by atoms with Gasteiger partial charge in [-0.15, -0.1) is 0 Å². The summed E-state index contributed by atoms with van der Waals surface area (Å²) in [4.78, 5) is 0.268. The Balaban J connectivity index is 2.19. The first-order valence-electron chi connectivity index (χ1n) is 5.78. The Kier molecular flexibility index (Phi) is 4.07. The third-order valence-corrected chi connectivity index (χ3v) is 3.08. The zero-order chi connectivity index (χ0) is 14.0. The van der Waals surface area contributed by atoms with Gasteiger partial charge < -0.3 is 10.5 Å². The van der Waals surface area contributed by atoms with E-state index in [4.69, 9.17) is 34.3 Å². The molecule has 1 aromatic heterocycles. The second-order valence-electron chi connectivity index (χ2n) is 4.36. The van der Waals surface area contributed by atoms with Crippen molar-refractivity contribution in [3.8, 4) is 11.5 Å². The van der Waals surface area contributed by atoms with Crippen molar-refractivity contribution in [2.24, 2.45) is 5.73 Å². The SMILES string of the molecule is CC(C)n1cc(Oc2ccc(C(N)=S)c(Cl)c2)cn1. The summed E-state index contributed by atoms with van der Waals surface area (Å²) in [5, 5.41) is 4.67. The molecule has 2 rings (SSSR count). The maximum absolute atomic E-state index is 6.08. The molecule has 0 atom stereocenters. The first kappa shape index (κ1) is 13.8. The van der Waals surface area contributed by atoms with Crippen molar-refractivity contribution in [2.45, 2.75) is 19.9 Å². The molecule has 6 heteroatoms. The molecule has 1 heterocycles. The first-order chi connectivity index (χ1) is 8.97. The van der Waals surface area contributed by atoms with Gasteiger partial charge in [0.15, 0.2) is 5.75 Å². The topological polar surface area (TPSA) is 53.1 Å². The average molecular weight is 296 g/mol. The van der Waals surface area contributed by atoms with E-state index in [1.54, 1.807) is 24.4 Å². The molecule has 0 spiro atoms.